The third-order valence-electron chi connectivity index (χ3n) is 2.34. The molecule has 0 spiro atoms. The molecule has 19 heavy (non-hydrogen) atoms. The van der Waals surface area contributed by atoms with Gasteiger partial charge in [-0.25, -0.2) is 4.98 Å². The molecule has 2 heterocycles. The molecule has 0 saturated heterocycles. The molecule has 0 saturated carbocycles. The molecule has 98 valence electrons. The van der Waals surface area contributed by atoms with Crippen LogP contribution in [0.2, 0.25) is 5.02 Å². The Morgan fingerprint density at radius 3 is 2.79 bits per heavy atom. The average molecular weight is 280 g/mol. The number of carboxylic acid groups (broad SMARTS) is 1. The van der Waals surface area contributed by atoms with E-state index in [2.05, 4.69) is 10.3 Å². The molecule has 0 bridgehead atoms. The highest BCUT2D eigenvalue weighted by molar-refractivity contribution is 6.30. The van der Waals surface area contributed by atoms with Crippen LogP contribution in [0.4, 0.5) is 5.82 Å². The van der Waals surface area contributed by atoms with Gasteiger partial charge in [0.25, 0.3) is 5.91 Å². The molecule has 0 aliphatic carbocycles. The number of hydrogen-bond donors (Lipinski definition) is 2. The number of carboxylic acids is 1. The number of hydrogen-bond acceptors (Lipinski definition) is 3. The monoisotopic (exact) mass is 279 g/mol. The summed E-state index contributed by atoms with van der Waals surface area (Å²) in [6, 6.07) is 6.30. The number of halogens is 1. The Bertz CT molecular complexity index is 607. The lowest BCUT2D eigenvalue weighted by molar-refractivity contribution is -0.137. The van der Waals surface area contributed by atoms with Gasteiger partial charge in [-0.15, -0.1) is 0 Å². The Balaban J connectivity index is 2.14. The van der Waals surface area contributed by atoms with Crippen molar-refractivity contribution in [2.45, 2.75) is 6.54 Å². The maximum atomic E-state index is 12.0. The fourth-order valence-corrected chi connectivity index (χ4v) is 1.65. The second kappa shape index (κ2) is 5.53. The molecule has 0 aliphatic rings. The second-order valence-electron chi connectivity index (χ2n) is 3.73. The first-order valence-corrected chi connectivity index (χ1v) is 5.74. The predicted molar refractivity (Wildman–Crippen MR) is 69.3 cm³/mol. The molecule has 0 fully saturated rings. The summed E-state index contributed by atoms with van der Waals surface area (Å²) in [6.45, 7) is -0.274. The maximum Gasteiger partial charge on any atom is 0.323 e. The molecular weight excluding hydrogens is 270 g/mol. The lowest BCUT2D eigenvalue weighted by Gasteiger charge is -2.07. The van der Waals surface area contributed by atoms with Crippen molar-refractivity contribution in [3.8, 4) is 0 Å². The Hall–Kier alpha value is -2.34. The fraction of sp³-hybridized carbons (Fsp3) is 0.0833. The Kier molecular flexibility index (Phi) is 3.82. The van der Waals surface area contributed by atoms with Crippen LogP contribution in [0.1, 0.15) is 10.5 Å². The van der Waals surface area contributed by atoms with Gasteiger partial charge in [0.15, 0.2) is 0 Å². The number of aliphatic carboxylic acids is 1. The summed E-state index contributed by atoms with van der Waals surface area (Å²) in [5, 5.41) is 11.8. The van der Waals surface area contributed by atoms with Gasteiger partial charge in [-0.05, 0) is 24.3 Å². The first-order valence-electron chi connectivity index (χ1n) is 5.36. The van der Waals surface area contributed by atoms with Crippen molar-refractivity contribution in [2.75, 3.05) is 5.32 Å². The van der Waals surface area contributed by atoms with Crippen LogP contribution >= 0.6 is 11.6 Å². The van der Waals surface area contributed by atoms with Gasteiger partial charge >= 0.3 is 5.97 Å². The molecule has 6 nitrogen and oxygen atoms in total. The van der Waals surface area contributed by atoms with Gasteiger partial charge in [0.05, 0.1) is 5.02 Å². The van der Waals surface area contributed by atoms with Crippen LogP contribution in [0.3, 0.4) is 0 Å². The SMILES string of the molecule is O=C(O)Cn1cccc1C(=O)Nc1ccc(Cl)cn1. The molecule has 0 unspecified atom stereocenters. The number of nitrogens with zero attached hydrogens (tertiary/aromatic N) is 2. The van der Waals surface area contributed by atoms with Crippen molar-refractivity contribution in [3.63, 3.8) is 0 Å². The smallest absolute Gasteiger partial charge is 0.323 e. The largest absolute Gasteiger partial charge is 0.480 e. The van der Waals surface area contributed by atoms with Crippen molar-refractivity contribution in [1.29, 1.82) is 0 Å². The molecule has 2 aromatic heterocycles. The molecule has 2 rings (SSSR count). The van der Waals surface area contributed by atoms with Crippen molar-refractivity contribution in [3.05, 3.63) is 47.4 Å². The summed E-state index contributed by atoms with van der Waals surface area (Å²) >= 11 is 5.69. The lowest BCUT2D eigenvalue weighted by Crippen LogP contribution is -2.19. The van der Waals surface area contributed by atoms with Crippen LogP contribution in [-0.4, -0.2) is 26.5 Å². The van der Waals surface area contributed by atoms with Gasteiger partial charge in [-0.3, -0.25) is 9.59 Å². The highest BCUT2D eigenvalue weighted by Crippen LogP contribution is 2.11. The van der Waals surface area contributed by atoms with E-state index in [1.807, 2.05) is 0 Å². The molecule has 0 radical (unpaired) electrons. The Morgan fingerprint density at radius 1 is 1.37 bits per heavy atom. The summed E-state index contributed by atoms with van der Waals surface area (Å²) in [7, 11) is 0. The van der Waals surface area contributed by atoms with E-state index in [9.17, 15) is 9.59 Å². The number of amides is 1. The highest BCUT2D eigenvalue weighted by atomic mass is 35.5. The summed E-state index contributed by atoms with van der Waals surface area (Å²) in [5.41, 5.74) is 0.249. The molecule has 2 aromatic rings. The average Bonchev–Trinajstić information content (AvgIpc) is 2.79. The van der Waals surface area contributed by atoms with Gasteiger partial charge in [0, 0.05) is 12.4 Å². The van der Waals surface area contributed by atoms with Crippen LogP contribution in [0, 0.1) is 0 Å². The summed E-state index contributed by atoms with van der Waals surface area (Å²) in [5.74, 6) is -1.10. The molecule has 2 N–H and O–H groups in total. The van der Waals surface area contributed by atoms with E-state index in [1.54, 1.807) is 18.2 Å². The zero-order valence-electron chi connectivity index (χ0n) is 9.71. The van der Waals surface area contributed by atoms with Crippen molar-refractivity contribution in [1.82, 2.24) is 9.55 Å². The van der Waals surface area contributed by atoms with Crippen LogP contribution < -0.4 is 5.32 Å². The van der Waals surface area contributed by atoms with E-state index in [0.29, 0.717) is 10.8 Å². The normalized spacial score (nSPS) is 10.2. The van der Waals surface area contributed by atoms with E-state index in [1.165, 1.54) is 23.0 Å². The van der Waals surface area contributed by atoms with Crippen LogP contribution in [0.15, 0.2) is 36.7 Å². The van der Waals surface area contributed by atoms with Gasteiger partial charge in [0.2, 0.25) is 0 Å². The number of rotatable bonds is 4. The molecule has 0 aliphatic heterocycles. The molecule has 7 heteroatoms. The third-order valence-corrected chi connectivity index (χ3v) is 2.56. The number of pyridine rings is 1. The minimum atomic E-state index is -1.02. The zero-order chi connectivity index (χ0) is 13.8. The van der Waals surface area contributed by atoms with E-state index >= 15 is 0 Å². The van der Waals surface area contributed by atoms with Crippen molar-refractivity contribution < 1.29 is 14.7 Å². The van der Waals surface area contributed by atoms with Crippen molar-refractivity contribution >= 4 is 29.3 Å². The van der Waals surface area contributed by atoms with Crippen LogP contribution in [0.5, 0.6) is 0 Å². The van der Waals surface area contributed by atoms with Crippen LogP contribution in [-0.2, 0) is 11.3 Å². The summed E-state index contributed by atoms with van der Waals surface area (Å²) in [4.78, 5) is 26.6. The maximum absolute atomic E-state index is 12.0. The number of carbonyl (C=O) groups excluding carboxylic acids is 1. The van der Waals surface area contributed by atoms with Crippen LogP contribution in [0.25, 0.3) is 0 Å². The van der Waals surface area contributed by atoms with E-state index in [-0.39, 0.29) is 12.2 Å². The van der Waals surface area contributed by atoms with E-state index < -0.39 is 11.9 Å². The quantitative estimate of drug-likeness (QED) is 0.895. The Morgan fingerprint density at radius 2 is 2.16 bits per heavy atom. The lowest BCUT2D eigenvalue weighted by atomic mass is 10.3. The van der Waals surface area contributed by atoms with Crippen molar-refractivity contribution in [2.24, 2.45) is 0 Å². The first kappa shape index (κ1) is 13.1. The molecule has 1 amide bonds. The Labute approximate surface area is 113 Å². The topological polar surface area (TPSA) is 84.2 Å². The number of anilines is 1. The van der Waals surface area contributed by atoms with Gasteiger partial charge < -0.3 is 15.0 Å². The molecular formula is C12H10ClN3O3. The number of nitrogens with one attached hydrogen (secondary N) is 1. The zero-order valence-corrected chi connectivity index (χ0v) is 10.5. The van der Waals surface area contributed by atoms with Gasteiger partial charge in [-0.1, -0.05) is 11.6 Å². The minimum Gasteiger partial charge on any atom is -0.480 e. The first-order chi connectivity index (χ1) is 9.06. The molecule has 0 atom stereocenters. The predicted octanol–water partition coefficient (Wildman–Crippen LogP) is 1.87. The third kappa shape index (κ3) is 3.32. The fourth-order valence-electron chi connectivity index (χ4n) is 1.53. The van der Waals surface area contributed by atoms with E-state index in [0.717, 1.165) is 0 Å². The minimum absolute atomic E-state index is 0.249. The van der Waals surface area contributed by atoms with E-state index in [4.69, 9.17) is 16.7 Å². The number of carbonyl (C=O) groups is 2. The number of aromatic nitrogens is 2. The molecule has 0 aromatic carbocycles. The summed E-state index contributed by atoms with van der Waals surface area (Å²) < 4.78 is 1.34. The van der Waals surface area contributed by atoms with Gasteiger partial charge in [-0.2, -0.15) is 0 Å². The highest BCUT2D eigenvalue weighted by Gasteiger charge is 2.13. The van der Waals surface area contributed by atoms with Gasteiger partial charge in [0.1, 0.15) is 18.1 Å². The second-order valence-corrected chi connectivity index (χ2v) is 4.17. The standard InChI is InChI=1S/C12H10ClN3O3/c13-8-3-4-10(14-6-8)15-12(19)9-2-1-5-16(9)7-11(17)18/h1-6H,7H2,(H,17,18)(H,14,15,19). The summed E-state index contributed by atoms with van der Waals surface area (Å²) in [6.07, 6.45) is 2.94.